The first-order valence-electron chi connectivity index (χ1n) is 5.27. The number of anilines is 1. The van der Waals surface area contributed by atoms with Gasteiger partial charge in [-0.05, 0) is 52.9 Å². The van der Waals surface area contributed by atoms with Crippen molar-refractivity contribution in [1.82, 2.24) is 4.83 Å². The average molecular weight is 409 g/mol. The molecule has 0 aliphatic heterocycles. The molecule has 0 fully saturated rings. The lowest BCUT2D eigenvalue weighted by Crippen LogP contribution is -2.29. The summed E-state index contributed by atoms with van der Waals surface area (Å²) in [5.41, 5.74) is 3.32. The molecule has 2 rings (SSSR count). The van der Waals surface area contributed by atoms with Gasteiger partial charge in [-0.25, -0.2) is 8.42 Å². The van der Waals surface area contributed by atoms with Crippen molar-refractivity contribution in [1.29, 1.82) is 0 Å². The van der Waals surface area contributed by atoms with Crippen molar-refractivity contribution in [3.63, 3.8) is 0 Å². The summed E-state index contributed by atoms with van der Waals surface area (Å²) in [5.74, 6) is 0. The van der Waals surface area contributed by atoms with Crippen LogP contribution < -0.4 is 10.3 Å². The molecule has 0 aliphatic rings. The van der Waals surface area contributed by atoms with Gasteiger partial charge in [-0.3, -0.25) is 0 Å². The first-order chi connectivity index (χ1) is 8.99. The first-order valence-corrected chi connectivity index (χ1v) is 8.21. The molecule has 0 radical (unpaired) electrons. The number of hydrogen-bond acceptors (Lipinski definition) is 3. The summed E-state index contributed by atoms with van der Waals surface area (Å²) in [5, 5.41) is 0.598. The number of sulfonamides is 1. The summed E-state index contributed by atoms with van der Waals surface area (Å²) in [7, 11) is -3.58. The molecule has 0 spiro atoms. The van der Waals surface area contributed by atoms with Gasteiger partial charge >= 0.3 is 0 Å². The van der Waals surface area contributed by atoms with E-state index in [0.29, 0.717) is 10.7 Å². The van der Waals surface area contributed by atoms with Crippen LogP contribution >= 0.6 is 34.2 Å². The summed E-state index contributed by atoms with van der Waals surface area (Å²) in [6.45, 7) is 0. The van der Waals surface area contributed by atoms with E-state index in [2.05, 4.69) is 32.8 Å². The van der Waals surface area contributed by atoms with Gasteiger partial charge in [0.05, 0.1) is 10.6 Å². The second kappa shape index (κ2) is 6.08. The van der Waals surface area contributed by atoms with Gasteiger partial charge in [0.2, 0.25) is 0 Å². The molecule has 19 heavy (non-hydrogen) atoms. The molecule has 0 aromatic heterocycles. The molecule has 2 N–H and O–H groups in total. The number of rotatable bonds is 4. The van der Waals surface area contributed by atoms with Gasteiger partial charge in [-0.1, -0.05) is 29.8 Å². The van der Waals surface area contributed by atoms with E-state index in [-0.39, 0.29) is 4.90 Å². The highest BCUT2D eigenvalue weighted by Gasteiger charge is 2.13. The van der Waals surface area contributed by atoms with Crippen LogP contribution in [-0.4, -0.2) is 8.42 Å². The molecule has 0 saturated carbocycles. The summed E-state index contributed by atoms with van der Waals surface area (Å²) in [6.07, 6.45) is 0. The zero-order valence-corrected chi connectivity index (χ0v) is 13.3. The Labute approximate surface area is 130 Å². The molecular weight excluding hydrogens is 399 g/mol. The molecular formula is C12H10ClIN2O2S. The van der Waals surface area contributed by atoms with Crippen LogP contribution in [0.1, 0.15) is 0 Å². The fraction of sp³-hybridized carbons (Fsp3) is 0. The largest absolute Gasteiger partial charge is 0.307 e. The summed E-state index contributed by atoms with van der Waals surface area (Å²) < 4.78 is 24.8. The number of benzene rings is 2. The minimum absolute atomic E-state index is 0.200. The Kier molecular flexibility index (Phi) is 4.67. The van der Waals surface area contributed by atoms with Crippen molar-refractivity contribution >= 4 is 49.9 Å². The van der Waals surface area contributed by atoms with Crippen molar-refractivity contribution in [3.05, 3.63) is 57.1 Å². The van der Waals surface area contributed by atoms with Crippen molar-refractivity contribution in [2.75, 3.05) is 5.43 Å². The highest BCUT2D eigenvalue weighted by molar-refractivity contribution is 14.1. The van der Waals surface area contributed by atoms with E-state index in [4.69, 9.17) is 11.6 Å². The fourth-order valence-electron chi connectivity index (χ4n) is 1.37. The van der Waals surface area contributed by atoms with Gasteiger partial charge in [0.15, 0.2) is 0 Å². The summed E-state index contributed by atoms with van der Waals surface area (Å²) >= 11 is 7.90. The van der Waals surface area contributed by atoms with Gasteiger partial charge < -0.3 is 5.43 Å². The second-order valence-electron chi connectivity index (χ2n) is 3.67. The van der Waals surface area contributed by atoms with Gasteiger partial charge in [0.25, 0.3) is 10.0 Å². The normalized spacial score (nSPS) is 11.3. The molecule has 0 unspecified atom stereocenters. The molecule has 2 aromatic rings. The van der Waals surface area contributed by atoms with Crippen LogP contribution in [0.3, 0.4) is 0 Å². The zero-order chi connectivity index (χ0) is 13.9. The van der Waals surface area contributed by atoms with Crippen molar-refractivity contribution < 1.29 is 8.42 Å². The Morgan fingerprint density at radius 1 is 1.05 bits per heavy atom. The third-order valence-electron chi connectivity index (χ3n) is 2.30. The topological polar surface area (TPSA) is 58.2 Å². The van der Waals surface area contributed by atoms with E-state index in [9.17, 15) is 8.42 Å². The summed E-state index contributed by atoms with van der Waals surface area (Å²) in [6, 6.07) is 13.3. The molecule has 0 bridgehead atoms. The number of hydrazine groups is 1. The van der Waals surface area contributed by atoms with Crippen LogP contribution in [-0.2, 0) is 10.0 Å². The molecule has 4 nitrogen and oxygen atoms in total. The van der Waals surface area contributed by atoms with Crippen LogP contribution in [0.25, 0.3) is 0 Å². The van der Waals surface area contributed by atoms with Gasteiger partial charge in [-0.2, -0.15) is 0 Å². The Morgan fingerprint density at radius 3 is 2.37 bits per heavy atom. The van der Waals surface area contributed by atoms with E-state index in [1.165, 1.54) is 12.1 Å². The fourth-order valence-corrected chi connectivity index (χ4v) is 3.26. The molecule has 0 saturated heterocycles. The third-order valence-corrected chi connectivity index (χ3v) is 4.70. The van der Waals surface area contributed by atoms with Crippen LogP contribution in [0.15, 0.2) is 53.4 Å². The lowest BCUT2D eigenvalue weighted by Gasteiger charge is -2.11. The molecule has 0 heterocycles. The lowest BCUT2D eigenvalue weighted by atomic mass is 10.3. The summed E-state index contributed by atoms with van der Waals surface area (Å²) in [4.78, 5) is 2.53. The van der Waals surface area contributed by atoms with Crippen LogP contribution in [0, 0.1) is 3.57 Å². The maximum absolute atomic E-state index is 12.0. The molecule has 100 valence electrons. The highest BCUT2D eigenvalue weighted by Crippen LogP contribution is 2.22. The van der Waals surface area contributed by atoms with E-state index < -0.39 is 10.0 Å². The maximum atomic E-state index is 12.0. The Balaban J connectivity index is 2.14. The van der Waals surface area contributed by atoms with E-state index in [1.807, 2.05) is 0 Å². The SMILES string of the molecule is O=S(=O)(NNc1ccc(Cl)cc1I)c1ccccc1. The van der Waals surface area contributed by atoms with Crippen LogP contribution in [0.4, 0.5) is 5.69 Å². The van der Waals surface area contributed by atoms with Crippen LogP contribution in [0.5, 0.6) is 0 Å². The van der Waals surface area contributed by atoms with Crippen molar-refractivity contribution in [2.24, 2.45) is 0 Å². The second-order valence-corrected chi connectivity index (χ2v) is 6.95. The van der Waals surface area contributed by atoms with E-state index >= 15 is 0 Å². The van der Waals surface area contributed by atoms with E-state index in [0.717, 1.165) is 3.57 Å². The highest BCUT2D eigenvalue weighted by atomic mass is 127. The monoisotopic (exact) mass is 408 g/mol. The Hall–Kier alpha value is -0.830. The maximum Gasteiger partial charge on any atom is 0.257 e. The van der Waals surface area contributed by atoms with Gasteiger partial charge in [0.1, 0.15) is 0 Å². The predicted octanol–water partition coefficient (Wildman–Crippen LogP) is 3.25. The predicted molar refractivity (Wildman–Crippen MR) is 84.6 cm³/mol. The Bertz CT molecular complexity index is 677. The molecule has 7 heteroatoms. The smallest absolute Gasteiger partial charge is 0.257 e. The molecule has 0 aliphatic carbocycles. The average Bonchev–Trinajstić information content (AvgIpc) is 2.39. The number of nitrogens with one attached hydrogen (secondary N) is 2. The van der Waals surface area contributed by atoms with Crippen LogP contribution in [0.2, 0.25) is 5.02 Å². The first kappa shape index (κ1) is 14.6. The molecule has 0 atom stereocenters. The van der Waals surface area contributed by atoms with Gasteiger partial charge in [-0.15, -0.1) is 4.83 Å². The zero-order valence-electron chi connectivity index (χ0n) is 9.60. The molecule has 0 amide bonds. The van der Waals surface area contributed by atoms with Gasteiger partial charge in [0, 0.05) is 8.59 Å². The van der Waals surface area contributed by atoms with E-state index in [1.54, 1.807) is 36.4 Å². The number of hydrogen-bond donors (Lipinski definition) is 2. The number of halogens is 2. The molecule has 2 aromatic carbocycles. The minimum Gasteiger partial charge on any atom is -0.307 e. The minimum atomic E-state index is -3.58. The third kappa shape index (κ3) is 3.82. The standard InChI is InChI=1S/C12H10ClIN2O2S/c13-9-6-7-12(11(14)8-9)15-16-19(17,18)10-4-2-1-3-5-10/h1-8,15-16H. The quantitative estimate of drug-likeness (QED) is 0.603. The lowest BCUT2D eigenvalue weighted by molar-refractivity contribution is 0.587. The van der Waals surface area contributed by atoms with Crippen molar-refractivity contribution in [2.45, 2.75) is 4.90 Å². The van der Waals surface area contributed by atoms with Crippen molar-refractivity contribution in [3.8, 4) is 0 Å². The Morgan fingerprint density at radius 2 is 1.74 bits per heavy atom.